The van der Waals surface area contributed by atoms with Crippen LogP contribution in [0, 0.1) is 5.92 Å². The number of aromatic amines is 1. The van der Waals surface area contributed by atoms with Crippen LogP contribution < -0.4 is 4.72 Å². The molecule has 4 rings (SSSR count). The zero-order valence-corrected chi connectivity index (χ0v) is 17.5. The molecule has 0 saturated heterocycles. The number of allylic oxidation sites excluding steroid dienone is 3. The Balaban J connectivity index is 1.48. The maximum absolute atomic E-state index is 12.7. The standard InChI is InChI=1S/C22H19F3N4O2S/c23-22(24,25)18-4-6-19(7-5-18)32(30,31)28-13-15-2-1-3-17(12-15)21-20(14-27-29-21)16-8-10-26-11-9-16/h1,3-12,14-15H,2,13H2,(H2-,27,28,29,30,31)/p+1. The van der Waals surface area contributed by atoms with Crippen molar-refractivity contribution in [3.8, 4) is 11.1 Å². The highest BCUT2D eigenvalue weighted by molar-refractivity contribution is 7.95. The Morgan fingerprint density at radius 1 is 1.16 bits per heavy atom. The maximum Gasteiger partial charge on any atom is 0.416 e. The van der Waals surface area contributed by atoms with Gasteiger partial charge in [-0.05, 0) is 64.1 Å². The number of aromatic nitrogens is 3. The first-order chi connectivity index (χ1) is 15.2. The SMILES string of the molecule is O=[S+](O)(NCC1C=C(c2[nH]ncc2-c2ccncc2)C=CC1)c1ccc(C(F)(F)F)cc1. The molecule has 2 aromatic heterocycles. The molecule has 0 aliphatic heterocycles. The Hall–Kier alpha value is -3.08. The van der Waals surface area contributed by atoms with Crippen LogP contribution >= 0.6 is 0 Å². The van der Waals surface area contributed by atoms with E-state index in [2.05, 4.69) is 19.9 Å². The molecule has 10 heteroatoms. The zero-order chi connectivity index (χ0) is 22.8. The second kappa shape index (κ2) is 8.81. The summed E-state index contributed by atoms with van der Waals surface area (Å²) in [6.07, 6.45) is 7.18. The molecule has 2 unspecified atom stereocenters. The number of hydrogen-bond donors (Lipinski definition) is 3. The number of H-pyrrole nitrogens is 1. The molecule has 3 N–H and O–H groups in total. The van der Waals surface area contributed by atoms with Crippen molar-refractivity contribution in [2.45, 2.75) is 17.5 Å². The van der Waals surface area contributed by atoms with Crippen LogP contribution in [0.1, 0.15) is 17.7 Å². The van der Waals surface area contributed by atoms with E-state index in [0.717, 1.165) is 46.7 Å². The summed E-state index contributed by atoms with van der Waals surface area (Å²) in [6, 6.07) is 7.40. The Bertz CT molecular complexity index is 1190. The lowest BCUT2D eigenvalue weighted by molar-refractivity contribution is -0.137. The number of alkyl halides is 3. The van der Waals surface area contributed by atoms with Crippen molar-refractivity contribution < 1.29 is 21.9 Å². The fourth-order valence-electron chi connectivity index (χ4n) is 3.44. The van der Waals surface area contributed by atoms with Crippen LogP contribution in [-0.2, 0) is 20.8 Å². The van der Waals surface area contributed by atoms with Gasteiger partial charge in [-0.15, -0.1) is 4.72 Å². The van der Waals surface area contributed by atoms with Crippen molar-refractivity contribution in [2.75, 3.05) is 6.54 Å². The third-order valence-electron chi connectivity index (χ3n) is 5.11. The van der Waals surface area contributed by atoms with Crippen molar-refractivity contribution in [2.24, 2.45) is 5.92 Å². The van der Waals surface area contributed by atoms with Crippen LogP contribution in [-0.4, -0.2) is 26.3 Å². The van der Waals surface area contributed by atoms with Crippen molar-refractivity contribution in [3.05, 3.63) is 84.5 Å². The molecule has 0 fully saturated rings. The van der Waals surface area contributed by atoms with E-state index >= 15 is 0 Å². The quantitative estimate of drug-likeness (QED) is 0.451. The van der Waals surface area contributed by atoms with Gasteiger partial charge in [0, 0.05) is 18.0 Å². The number of benzene rings is 1. The fraction of sp³-hybridized carbons (Fsp3) is 0.182. The van der Waals surface area contributed by atoms with Gasteiger partial charge in [-0.3, -0.25) is 10.1 Å². The zero-order valence-electron chi connectivity index (χ0n) is 16.7. The van der Waals surface area contributed by atoms with Crippen LogP contribution in [0.4, 0.5) is 13.2 Å². The third kappa shape index (κ3) is 4.87. The lowest BCUT2D eigenvalue weighted by Crippen LogP contribution is -2.34. The van der Waals surface area contributed by atoms with Crippen molar-refractivity contribution in [1.29, 1.82) is 0 Å². The monoisotopic (exact) mass is 461 g/mol. The molecule has 0 spiro atoms. The molecule has 0 saturated carbocycles. The Morgan fingerprint density at radius 3 is 2.56 bits per heavy atom. The number of halogens is 3. The van der Waals surface area contributed by atoms with Gasteiger partial charge in [0.05, 0.1) is 24.0 Å². The number of pyridine rings is 1. The molecule has 1 aliphatic carbocycles. The Morgan fingerprint density at radius 2 is 1.88 bits per heavy atom. The molecule has 32 heavy (non-hydrogen) atoms. The summed E-state index contributed by atoms with van der Waals surface area (Å²) in [4.78, 5) is 3.92. The lowest BCUT2D eigenvalue weighted by Gasteiger charge is -2.17. The average molecular weight is 461 g/mol. The molecule has 2 atom stereocenters. The highest BCUT2D eigenvalue weighted by Gasteiger charge is 2.34. The predicted molar refractivity (Wildman–Crippen MR) is 115 cm³/mol. The van der Waals surface area contributed by atoms with Crippen LogP contribution in [0.15, 0.2) is 78.1 Å². The van der Waals surface area contributed by atoms with Gasteiger partial charge in [0.25, 0.3) is 0 Å². The van der Waals surface area contributed by atoms with Gasteiger partial charge in [0.15, 0.2) is 0 Å². The molecule has 1 aliphatic rings. The number of nitrogens with one attached hydrogen (secondary N) is 2. The summed E-state index contributed by atoms with van der Waals surface area (Å²) in [7, 11) is -3.69. The first-order valence-corrected chi connectivity index (χ1v) is 11.3. The van der Waals surface area contributed by atoms with E-state index in [1.807, 2.05) is 30.4 Å². The first kappa shape index (κ1) is 22.1. The van der Waals surface area contributed by atoms with Gasteiger partial charge in [0.1, 0.15) is 0 Å². The lowest BCUT2D eigenvalue weighted by atomic mass is 9.92. The van der Waals surface area contributed by atoms with Gasteiger partial charge < -0.3 is 0 Å². The van der Waals surface area contributed by atoms with E-state index in [-0.39, 0.29) is 17.4 Å². The molecule has 6 nitrogen and oxygen atoms in total. The minimum absolute atomic E-state index is 0.0917. The molecule has 166 valence electrons. The minimum atomic E-state index is -4.50. The summed E-state index contributed by atoms with van der Waals surface area (Å²) >= 11 is 0. The Labute approximate surface area is 183 Å². The van der Waals surface area contributed by atoms with Crippen molar-refractivity contribution >= 4 is 16.0 Å². The smallest absolute Gasteiger partial charge is 0.277 e. The molecule has 0 bridgehead atoms. The van der Waals surface area contributed by atoms with E-state index < -0.39 is 22.1 Å². The highest BCUT2D eigenvalue weighted by Crippen LogP contribution is 2.32. The molecule has 2 heterocycles. The van der Waals surface area contributed by atoms with Gasteiger partial charge in [0.2, 0.25) is 4.90 Å². The molecule has 0 amide bonds. The summed E-state index contributed by atoms with van der Waals surface area (Å²) < 4.78 is 63.7. The van der Waals surface area contributed by atoms with Gasteiger partial charge in [-0.1, -0.05) is 18.2 Å². The van der Waals surface area contributed by atoms with Gasteiger partial charge in [-0.25, -0.2) is 0 Å². The molecular formula is C22H20F3N4O2S+. The van der Waals surface area contributed by atoms with E-state index in [9.17, 15) is 21.9 Å². The third-order valence-corrected chi connectivity index (χ3v) is 6.58. The van der Waals surface area contributed by atoms with Crippen molar-refractivity contribution in [3.63, 3.8) is 0 Å². The first-order valence-electron chi connectivity index (χ1n) is 9.75. The minimum Gasteiger partial charge on any atom is -0.277 e. The topological polar surface area (TPSA) is 90.9 Å². The van der Waals surface area contributed by atoms with Gasteiger partial charge >= 0.3 is 16.6 Å². The second-order valence-electron chi connectivity index (χ2n) is 7.31. The normalized spacial score (nSPS) is 18.2. The maximum atomic E-state index is 12.7. The van der Waals surface area contributed by atoms with E-state index in [0.29, 0.717) is 6.42 Å². The summed E-state index contributed by atoms with van der Waals surface area (Å²) in [5.41, 5.74) is 2.72. The van der Waals surface area contributed by atoms with Crippen LogP contribution in [0.5, 0.6) is 0 Å². The van der Waals surface area contributed by atoms with E-state index in [4.69, 9.17) is 0 Å². The molecular weight excluding hydrogens is 441 g/mol. The van der Waals surface area contributed by atoms with Crippen LogP contribution in [0.25, 0.3) is 16.7 Å². The van der Waals surface area contributed by atoms with Crippen LogP contribution in [0.3, 0.4) is 0 Å². The summed E-state index contributed by atoms with van der Waals surface area (Å²) in [5, 5.41) is 7.15. The average Bonchev–Trinajstić information content (AvgIpc) is 3.28. The van der Waals surface area contributed by atoms with E-state index in [1.165, 1.54) is 0 Å². The van der Waals surface area contributed by atoms with Crippen LogP contribution in [0.2, 0.25) is 0 Å². The summed E-state index contributed by atoms with van der Waals surface area (Å²) in [6.45, 7) is 0.170. The van der Waals surface area contributed by atoms with E-state index in [1.54, 1.807) is 18.6 Å². The molecule has 1 aromatic carbocycles. The second-order valence-corrected chi connectivity index (χ2v) is 9.12. The summed E-state index contributed by atoms with van der Waals surface area (Å²) in [5.74, 6) is -0.0917. The number of nitrogens with zero attached hydrogens (tertiary/aromatic N) is 2. The largest absolute Gasteiger partial charge is 0.416 e. The van der Waals surface area contributed by atoms with Crippen molar-refractivity contribution in [1.82, 2.24) is 19.9 Å². The van der Waals surface area contributed by atoms with Gasteiger partial charge in [-0.2, -0.15) is 22.8 Å². The highest BCUT2D eigenvalue weighted by atomic mass is 32.3. The fourth-order valence-corrected chi connectivity index (χ4v) is 4.56. The number of rotatable bonds is 6. The predicted octanol–water partition coefficient (Wildman–Crippen LogP) is 4.99. The Kier molecular flexibility index (Phi) is 6.09. The molecule has 3 aromatic rings. The molecule has 0 radical (unpaired) electrons. The number of hydrogen-bond acceptors (Lipinski definition) is 3.